The van der Waals surface area contributed by atoms with Crippen LogP contribution in [0.2, 0.25) is 5.02 Å². The molecule has 0 aliphatic carbocycles. The second-order valence-electron chi connectivity index (χ2n) is 6.42. The molecule has 0 radical (unpaired) electrons. The van der Waals surface area contributed by atoms with E-state index < -0.39 is 0 Å². The van der Waals surface area contributed by atoms with E-state index in [2.05, 4.69) is 9.98 Å². The van der Waals surface area contributed by atoms with Crippen molar-refractivity contribution in [2.24, 2.45) is 4.99 Å². The monoisotopic (exact) mass is 451 g/mol. The van der Waals surface area contributed by atoms with Gasteiger partial charge in [0.05, 0.1) is 35.5 Å². The standard InChI is InChI=1S/C23H18ClN3O3S/c1-29-17-8-9-20(30-2)15(12-17)13-21-22(28)27(16-6-4-3-5-7-16)23(31-21)26-19-10-11-25-14-18(19)24/h3-14H,1-2H3/b21-13-,26-23?. The molecule has 0 N–H and O–H groups in total. The first-order valence-electron chi connectivity index (χ1n) is 9.30. The number of rotatable bonds is 5. The lowest BCUT2D eigenvalue weighted by atomic mass is 10.1. The summed E-state index contributed by atoms with van der Waals surface area (Å²) in [6.45, 7) is 0. The summed E-state index contributed by atoms with van der Waals surface area (Å²) in [5.74, 6) is 1.11. The number of benzene rings is 2. The maximum Gasteiger partial charge on any atom is 0.271 e. The van der Waals surface area contributed by atoms with Gasteiger partial charge in [-0.1, -0.05) is 29.8 Å². The Morgan fingerprint density at radius 1 is 1.10 bits per heavy atom. The molecule has 0 atom stereocenters. The number of ether oxygens (including phenoxy) is 2. The number of amidine groups is 1. The molecule has 1 aromatic heterocycles. The van der Waals surface area contributed by atoms with Crippen LogP contribution in [0, 0.1) is 0 Å². The molecule has 0 bridgehead atoms. The number of para-hydroxylation sites is 1. The molecule has 8 heteroatoms. The fraction of sp³-hybridized carbons (Fsp3) is 0.0870. The Labute approximate surface area is 189 Å². The SMILES string of the molecule is COc1ccc(OC)c(/C=C2\SC(=Nc3ccncc3Cl)N(c3ccccc3)C2=O)c1. The van der Waals surface area contributed by atoms with Crippen molar-refractivity contribution < 1.29 is 14.3 Å². The van der Waals surface area contributed by atoms with Gasteiger partial charge in [-0.3, -0.25) is 14.7 Å². The number of methoxy groups -OCH3 is 2. The van der Waals surface area contributed by atoms with Gasteiger partial charge in [0, 0.05) is 18.0 Å². The van der Waals surface area contributed by atoms with Crippen LogP contribution >= 0.6 is 23.4 Å². The Bertz CT molecular complexity index is 1180. The number of nitrogens with zero attached hydrogens (tertiary/aromatic N) is 3. The Morgan fingerprint density at radius 2 is 1.90 bits per heavy atom. The van der Waals surface area contributed by atoms with E-state index in [1.165, 1.54) is 18.0 Å². The quantitative estimate of drug-likeness (QED) is 0.475. The minimum absolute atomic E-state index is 0.190. The number of hydrogen-bond acceptors (Lipinski definition) is 6. The van der Waals surface area contributed by atoms with Gasteiger partial charge in [0.2, 0.25) is 0 Å². The molecule has 31 heavy (non-hydrogen) atoms. The highest BCUT2D eigenvalue weighted by atomic mass is 35.5. The van der Waals surface area contributed by atoms with Crippen LogP contribution in [0.5, 0.6) is 11.5 Å². The number of carbonyl (C=O) groups excluding carboxylic acids is 1. The lowest BCUT2D eigenvalue weighted by Gasteiger charge is -2.15. The van der Waals surface area contributed by atoms with Crippen molar-refractivity contribution in [3.63, 3.8) is 0 Å². The van der Waals surface area contributed by atoms with Crippen molar-refractivity contribution in [2.45, 2.75) is 0 Å². The van der Waals surface area contributed by atoms with Crippen LogP contribution in [0.15, 0.2) is 76.9 Å². The average Bonchev–Trinajstić information content (AvgIpc) is 3.10. The van der Waals surface area contributed by atoms with Gasteiger partial charge in [0.1, 0.15) is 11.5 Å². The Kier molecular flexibility index (Phi) is 6.25. The largest absolute Gasteiger partial charge is 0.497 e. The highest BCUT2D eigenvalue weighted by Crippen LogP contribution is 2.39. The van der Waals surface area contributed by atoms with Gasteiger partial charge in [-0.25, -0.2) is 4.99 Å². The molecule has 156 valence electrons. The van der Waals surface area contributed by atoms with E-state index >= 15 is 0 Å². The average molecular weight is 452 g/mol. The number of halogens is 1. The van der Waals surface area contributed by atoms with Crippen molar-refractivity contribution in [2.75, 3.05) is 19.1 Å². The van der Waals surface area contributed by atoms with Crippen molar-refractivity contribution in [3.05, 3.63) is 82.5 Å². The van der Waals surface area contributed by atoms with Gasteiger partial charge < -0.3 is 9.47 Å². The summed E-state index contributed by atoms with van der Waals surface area (Å²) >= 11 is 7.51. The van der Waals surface area contributed by atoms with E-state index in [-0.39, 0.29) is 5.91 Å². The van der Waals surface area contributed by atoms with Crippen molar-refractivity contribution >= 4 is 51.9 Å². The lowest BCUT2D eigenvalue weighted by molar-refractivity contribution is -0.113. The maximum absolute atomic E-state index is 13.4. The van der Waals surface area contributed by atoms with Gasteiger partial charge in [-0.15, -0.1) is 0 Å². The van der Waals surface area contributed by atoms with Crippen LogP contribution in [0.25, 0.3) is 6.08 Å². The van der Waals surface area contributed by atoms with Crippen LogP contribution in [0.3, 0.4) is 0 Å². The number of anilines is 1. The number of carbonyl (C=O) groups is 1. The molecule has 2 heterocycles. The number of hydrogen-bond donors (Lipinski definition) is 0. The third-order valence-electron chi connectivity index (χ3n) is 4.51. The van der Waals surface area contributed by atoms with E-state index in [4.69, 9.17) is 21.1 Å². The molecule has 1 aliphatic heterocycles. The summed E-state index contributed by atoms with van der Waals surface area (Å²) in [6, 6.07) is 16.5. The third kappa shape index (κ3) is 4.42. The predicted octanol–water partition coefficient (Wildman–Crippen LogP) is 5.56. The first-order chi connectivity index (χ1) is 15.1. The summed E-state index contributed by atoms with van der Waals surface area (Å²) < 4.78 is 10.8. The van der Waals surface area contributed by atoms with E-state index in [9.17, 15) is 4.79 Å². The van der Waals surface area contributed by atoms with Gasteiger partial charge in [-0.05, 0) is 54.2 Å². The highest BCUT2D eigenvalue weighted by Gasteiger charge is 2.35. The van der Waals surface area contributed by atoms with Crippen molar-refractivity contribution in [1.82, 2.24) is 4.98 Å². The topological polar surface area (TPSA) is 64.0 Å². The molecular formula is C23H18ClN3O3S. The van der Waals surface area contributed by atoms with E-state index in [0.29, 0.717) is 38.0 Å². The number of thioether (sulfide) groups is 1. The Morgan fingerprint density at radius 3 is 2.61 bits per heavy atom. The second-order valence-corrected chi connectivity index (χ2v) is 7.83. The minimum atomic E-state index is -0.190. The first-order valence-corrected chi connectivity index (χ1v) is 10.5. The minimum Gasteiger partial charge on any atom is -0.497 e. The molecule has 6 nitrogen and oxygen atoms in total. The Balaban J connectivity index is 1.81. The zero-order valence-electron chi connectivity index (χ0n) is 16.8. The molecule has 1 amide bonds. The molecule has 2 aromatic carbocycles. The van der Waals surface area contributed by atoms with E-state index in [0.717, 1.165) is 5.56 Å². The smallest absolute Gasteiger partial charge is 0.271 e. The fourth-order valence-corrected chi connectivity index (χ4v) is 4.15. The molecule has 3 aromatic rings. The van der Waals surface area contributed by atoms with Crippen molar-refractivity contribution in [3.8, 4) is 11.5 Å². The number of aromatic nitrogens is 1. The van der Waals surface area contributed by atoms with Gasteiger partial charge in [-0.2, -0.15) is 0 Å². The van der Waals surface area contributed by atoms with Gasteiger partial charge >= 0.3 is 0 Å². The van der Waals surface area contributed by atoms with E-state index in [1.54, 1.807) is 49.6 Å². The summed E-state index contributed by atoms with van der Waals surface area (Å²) in [5.41, 5.74) is 1.98. The molecule has 0 saturated carbocycles. The van der Waals surface area contributed by atoms with Crippen LogP contribution in [0.1, 0.15) is 5.56 Å². The van der Waals surface area contributed by atoms with E-state index in [1.807, 2.05) is 36.4 Å². The summed E-state index contributed by atoms with van der Waals surface area (Å²) in [5, 5.41) is 0.903. The normalized spacial score (nSPS) is 16.2. The molecular weight excluding hydrogens is 434 g/mol. The van der Waals surface area contributed by atoms with Crippen LogP contribution < -0.4 is 14.4 Å². The van der Waals surface area contributed by atoms with Crippen LogP contribution in [-0.2, 0) is 4.79 Å². The fourth-order valence-electron chi connectivity index (χ4n) is 3.01. The van der Waals surface area contributed by atoms with Gasteiger partial charge in [0.15, 0.2) is 5.17 Å². The third-order valence-corrected chi connectivity index (χ3v) is 5.77. The number of pyridine rings is 1. The zero-order valence-corrected chi connectivity index (χ0v) is 18.4. The second kappa shape index (κ2) is 9.24. The molecule has 1 saturated heterocycles. The Hall–Kier alpha value is -3.29. The first kappa shape index (κ1) is 21.0. The van der Waals surface area contributed by atoms with Gasteiger partial charge in [0.25, 0.3) is 5.91 Å². The molecule has 1 fully saturated rings. The number of amides is 1. The molecule has 0 unspecified atom stereocenters. The van der Waals surface area contributed by atoms with Crippen molar-refractivity contribution in [1.29, 1.82) is 0 Å². The molecule has 1 aliphatic rings. The van der Waals surface area contributed by atoms with Crippen LogP contribution in [-0.4, -0.2) is 30.3 Å². The summed E-state index contributed by atoms with van der Waals surface area (Å²) in [4.78, 5) is 24.1. The van der Waals surface area contributed by atoms with Crippen LogP contribution in [0.4, 0.5) is 11.4 Å². The zero-order chi connectivity index (χ0) is 21.8. The molecule has 0 spiro atoms. The maximum atomic E-state index is 13.4. The summed E-state index contributed by atoms with van der Waals surface area (Å²) in [6.07, 6.45) is 4.91. The number of aliphatic imine (C=N–C) groups is 1. The molecule has 4 rings (SSSR count). The summed E-state index contributed by atoms with van der Waals surface area (Å²) in [7, 11) is 3.18. The lowest BCUT2D eigenvalue weighted by Crippen LogP contribution is -2.28. The highest BCUT2D eigenvalue weighted by molar-refractivity contribution is 8.19. The predicted molar refractivity (Wildman–Crippen MR) is 125 cm³/mol.